The number of amides is 5. The number of nitrogens with two attached hydrogens (primary N) is 1. The van der Waals surface area contributed by atoms with Crippen LogP contribution in [0.2, 0.25) is 0 Å². The molecule has 5 rings (SSSR count). The second-order valence-corrected chi connectivity index (χ2v) is 11.0. The van der Waals surface area contributed by atoms with Crippen LogP contribution < -0.4 is 21.1 Å². The summed E-state index contributed by atoms with van der Waals surface area (Å²) in [4.78, 5) is 52.9. The molecule has 2 atom stereocenters. The molecule has 12 nitrogen and oxygen atoms in total. The van der Waals surface area contributed by atoms with Crippen LogP contribution in [0.5, 0.6) is 5.75 Å². The van der Waals surface area contributed by atoms with Crippen molar-refractivity contribution in [3.8, 4) is 5.75 Å². The summed E-state index contributed by atoms with van der Waals surface area (Å²) < 4.78 is 99.1. The Hall–Kier alpha value is -5.10. The van der Waals surface area contributed by atoms with Gasteiger partial charge in [0.15, 0.2) is 17.3 Å². The van der Waals surface area contributed by atoms with E-state index in [4.69, 9.17) is 5.73 Å². The lowest BCUT2D eigenvalue weighted by atomic mass is 10.1. The second kappa shape index (κ2) is 12.6. The Bertz CT molecular complexity index is 1730. The second-order valence-electron chi connectivity index (χ2n) is 11.0. The van der Waals surface area contributed by atoms with E-state index >= 15 is 0 Å². The van der Waals surface area contributed by atoms with E-state index < -0.39 is 91.6 Å². The molecular weight excluding hydrogens is 647 g/mol. The molecule has 0 radical (unpaired) electrons. The van der Waals surface area contributed by atoms with E-state index in [0.717, 1.165) is 26.6 Å². The molecule has 2 unspecified atom stereocenters. The average molecular weight is 674 g/mol. The first kappa shape index (κ1) is 33.3. The highest BCUT2D eigenvalue weighted by molar-refractivity contribution is 6.06. The van der Waals surface area contributed by atoms with Crippen LogP contribution in [0, 0.1) is 5.82 Å². The number of aromatic nitrogens is 2. The van der Waals surface area contributed by atoms with Crippen molar-refractivity contribution >= 4 is 46.0 Å². The fourth-order valence-electron chi connectivity index (χ4n) is 5.46. The molecule has 19 heteroatoms. The van der Waals surface area contributed by atoms with Crippen LogP contribution in [0.3, 0.4) is 0 Å². The van der Waals surface area contributed by atoms with Gasteiger partial charge < -0.3 is 30.9 Å². The summed E-state index contributed by atoms with van der Waals surface area (Å²) in [7, 11) is 0. The lowest BCUT2D eigenvalue weighted by Crippen LogP contribution is -2.47. The van der Waals surface area contributed by atoms with Gasteiger partial charge in [-0.25, -0.2) is 22.4 Å². The first-order valence-corrected chi connectivity index (χ1v) is 14.0. The highest BCUT2D eigenvalue weighted by Crippen LogP contribution is 2.31. The monoisotopic (exact) mass is 673 g/mol. The molecular formula is C28H26F7N7O5. The number of benzene rings is 2. The summed E-state index contributed by atoms with van der Waals surface area (Å²) in [5.74, 6) is -8.75. The van der Waals surface area contributed by atoms with Gasteiger partial charge in [-0.15, -0.1) is 13.2 Å². The van der Waals surface area contributed by atoms with Gasteiger partial charge in [0.25, 0.3) is 11.8 Å². The molecule has 2 aromatic carbocycles. The number of fused-ring (bicyclic) bond motifs is 1. The lowest BCUT2D eigenvalue weighted by Gasteiger charge is -2.32. The number of hydrogen-bond acceptors (Lipinski definition) is 6. The van der Waals surface area contributed by atoms with Crippen molar-refractivity contribution in [3.05, 3.63) is 47.9 Å². The number of piperidine rings is 1. The number of nitrogens with zero attached hydrogens (tertiary/aromatic N) is 4. The van der Waals surface area contributed by atoms with Crippen LogP contribution >= 0.6 is 0 Å². The number of hydrogen-bond donors (Lipinski definition) is 3. The molecule has 3 heterocycles. The van der Waals surface area contributed by atoms with E-state index in [2.05, 4.69) is 20.5 Å². The van der Waals surface area contributed by atoms with Gasteiger partial charge in [0.1, 0.15) is 18.8 Å². The van der Waals surface area contributed by atoms with Gasteiger partial charge in [0.2, 0.25) is 11.8 Å². The number of carbonyl (C=O) groups excluding carboxylic acids is 4. The number of primary amides is 1. The molecule has 2 saturated heterocycles. The Balaban J connectivity index is 1.33. The van der Waals surface area contributed by atoms with Gasteiger partial charge in [-0.2, -0.15) is 5.10 Å². The number of alkyl halides is 6. The number of nitrogens with one attached hydrogen (secondary N) is 2. The van der Waals surface area contributed by atoms with Crippen LogP contribution in [0.25, 0.3) is 10.9 Å². The zero-order valence-corrected chi connectivity index (χ0v) is 24.1. The summed E-state index contributed by atoms with van der Waals surface area (Å²) in [6.45, 7) is -1.85. The van der Waals surface area contributed by atoms with Gasteiger partial charge in [-0.3, -0.25) is 19.1 Å². The summed E-state index contributed by atoms with van der Waals surface area (Å²) >= 11 is 0. The number of ether oxygens (including phenoxy) is 1. The van der Waals surface area contributed by atoms with Crippen molar-refractivity contribution in [2.45, 2.75) is 50.3 Å². The number of urea groups is 1. The molecule has 5 amide bonds. The number of halogens is 7. The minimum atomic E-state index is -5.21. The van der Waals surface area contributed by atoms with Gasteiger partial charge in [0.05, 0.1) is 24.3 Å². The molecule has 47 heavy (non-hydrogen) atoms. The van der Waals surface area contributed by atoms with Crippen LogP contribution in [0.4, 0.5) is 46.9 Å². The van der Waals surface area contributed by atoms with Crippen molar-refractivity contribution < 1.29 is 54.6 Å². The fraction of sp³-hybridized carbons (Fsp3) is 0.393. The third kappa shape index (κ3) is 7.49. The topological polar surface area (TPSA) is 152 Å². The van der Waals surface area contributed by atoms with E-state index in [1.54, 1.807) is 0 Å². The Morgan fingerprint density at radius 1 is 1.11 bits per heavy atom. The zero-order valence-electron chi connectivity index (χ0n) is 24.1. The predicted molar refractivity (Wildman–Crippen MR) is 150 cm³/mol. The molecule has 2 fully saturated rings. The summed E-state index contributed by atoms with van der Waals surface area (Å²) in [5.41, 5.74) is 4.72. The van der Waals surface area contributed by atoms with E-state index in [-0.39, 0.29) is 41.7 Å². The van der Waals surface area contributed by atoms with E-state index in [1.165, 1.54) is 18.2 Å². The minimum absolute atomic E-state index is 0.0857. The molecule has 4 N–H and O–H groups in total. The standard InChI is InChI=1S/C28H26F7N7O5/c29-14-9-19(25(45)38-17-3-1-4-20(22(17)30)47-28(33,34)35)41(11-14)21(43)12-42-18-6-5-15(10-16(18)23(39-42)24(36)44)37-26(46)40-8-2-7-27(31,32)13-40/h1,3-6,10,14,19H,2,7-9,11-13H2,(H2,36,44)(H,37,46)(H,38,45). The number of anilines is 2. The summed E-state index contributed by atoms with van der Waals surface area (Å²) in [6.07, 6.45) is -7.63. The van der Waals surface area contributed by atoms with Crippen molar-refractivity contribution in [1.29, 1.82) is 0 Å². The van der Waals surface area contributed by atoms with Crippen LogP contribution in [0.15, 0.2) is 36.4 Å². The third-order valence-corrected chi connectivity index (χ3v) is 7.52. The van der Waals surface area contributed by atoms with Crippen molar-refractivity contribution in [2.24, 2.45) is 5.73 Å². The van der Waals surface area contributed by atoms with E-state index in [9.17, 15) is 49.9 Å². The van der Waals surface area contributed by atoms with Crippen LogP contribution in [-0.2, 0) is 16.1 Å². The van der Waals surface area contributed by atoms with Crippen molar-refractivity contribution in [1.82, 2.24) is 19.6 Å². The van der Waals surface area contributed by atoms with E-state index in [0.29, 0.717) is 6.07 Å². The summed E-state index contributed by atoms with van der Waals surface area (Å²) in [5, 5.41) is 8.68. The van der Waals surface area contributed by atoms with Gasteiger partial charge >= 0.3 is 12.4 Å². The van der Waals surface area contributed by atoms with Crippen molar-refractivity contribution in [2.75, 3.05) is 30.3 Å². The maximum absolute atomic E-state index is 14.6. The smallest absolute Gasteiger partial charge is 0.403 e. The Kier molecular flexibility index (Phi) is 8.92. The van der Waals surface area contributed by atoms with Crippen LogP contribution in [-0.4, -0.2) is 87.5 Å². The minimum Gasteiger partial charge on any atom is -0.403 e. The largest absolute Gasteiger partial charge is 0.573 e. The lowest BCUT2D eigenvalue weighted by molar-refractivity contribution is -0.275. The number of likely N-dealkylation sites (tertiary alicyclic amines) is 2. The quantitative estimate of drug-likeness (QED) is 0.323. The summed E-state index contributed by atoms with van der Waals surface area (Å²) in [6, 6.07) is 4.36. The molecule has 0 spiro atoms. The molecule has 1 aromatic heterocycles. The average Bonchev–Trinajstić information content (AvgIpc) is 3.54. The number of carbonyl (C=O) groups is 4. The molecule has 252 valence electrons. The van der Waals surface area contributed by atoms with Crippen molar-refractivity contribution in [3.63, 3.8) is 0 Å². The normalized spacial score (nSPS) is 19.5. The van der Waals surface area contributed by atoms with Crippen LogP contribution in [0.1, 0.15) is 29.8 Å². The Morgan fingerprint density at radius 2 is 1.85 bits per heavy atom. The Morgan fingerprint density at radius 3 is 2.53 bits per heavy atom. The third-order valence-electron chi connectivity index (χ3n) is 7.52. The van der Waals surface area contributed by atoms with Gasteiger partial charge in [-0.1, -0.05) is 6.07 Å². The van der Waals surface area contributed by atoms with E-state index in [1.807, 2.05) is 0 Å². The molecule has 2 aliphatic heterocycles. The predicted octanol–water partition coefficient (Wildman–Crippen LogP) is 4.01. The SMILES string of the molecule is NC(=O)c1nn(CC(=O)N2CC(F)CC2C(=O)Nc2cccc(OC(F)(F)F)c2F)c2ccc(NC(=O)N3CCCC(F)(F)C3)cc12. The van der Waals surface area contributed by atoms with Gasteiger partial charge in [0, 0.05) is 30.5 Å². The maximum atomic E-state index is 14.6. The maximum Gasteiger partial charge on any atom is 0.573 e. The number of rotatable bonds is 7. The first-order valence-electron chi connectivity index (χ1n) is 14.0. The Labute approximate surface area is 260 Å². The molecule has 3 aromatic rings. The fourth-order valence-corrected chi connectivity index (χ4v) is 5.46. The molecule has 2 aliphatic rings. The molecule has 0 saturated carbocycles. The molecule has 0 bridgehead atoms. The zero-order chi connectivity index (χ0) is 34.3. The first-order chi connectivity index (χ1) is 22.0. The highest BCUT2D eigenvalue weighted by Gasteiger charge is 2.41. The highest BCUT2D eigenvalue weighted by atomic mass is 19.4. The molecule has 0 aliphatic carbocycles. The van der Waals surface area contributed by atoms with Gasteiger partial charge in [-0.05, 0) is 36.8 Å².